The van der Waals surface area contributed by atoms with Gasteiger partial charge >= 0.3 is 0 Å². The van der Waals surface area contributed by atoms with Crippen LogP contribution in [0.5, 0.6) is 0 Å². The Morgan fingerprint density at radius 2 is 2.05 bits per heavy atom. The van der Waals surface area contributed by atoms with Crippen molar-refractivity contribution in [3.63, 3.8) is 0 Å². The summed E-state index contributed by atoms with van der Waals surface area (Å²) in [6.45, 7) is -0.0295. The number of nitrogens with zero attached hydrogens (tertiary/aromatic N) is 1. The summed E-state index contributed by atoms with van der Waals surface area (Å²) in [7, 11) is 1.55. The molecule has 1 aromatic carbocycles. The number of hydrogen-bond donors (Lipinski definition) is 2. The van der Waals surface area contributed by atoms with E-state index in [1.165, 1.54) is 16.7 Å². The van der Waals surface area contributed by atoms with Gasteiger partial charge in [-0.1, -0.05) is 23.2 Å². The van der Waals surface area contributed by atoms with Gasteiger partial charge in [-0.15, -0.1) is 11.8 Å². The smallest absolute Gasteiger partial charge is 0.243 e. The number of rotatable bonds is 7. The van der Waals surface area contributed by atoms with Crippen molar-refractivity contribution in [3.05, 3.63) is 28.2 Å². The minimum absolute atomic E-state index is 0.0273. The lowest BCUT2D eigenvalue weighted by atomic mass is 10.3. The van der Waals surface area contributed by atoms with E-state index in [0.717, 1.165) is 0 Å². The van der Waals surface area contributed by atoms with Crippen LogP contribution >= 0.6 is 35.0 Å². The van der Waals surface area contributed by atoms with Crippen molar-refractivity contribution in [1.82, 2.24) is 4.90 Å². The molecule has 0 heterocycles. The van der Waals surface area contributed by atoms with E-state index in [-0.39, 0.29) is 30.7 Å². The standard InChI is InChI=1S/C13H16Cl2N2O3S/c1-17(13(20)8-21-5-4-18)7-12(19)16-9-2-3-10(14)11(15)6-9/h2-3,6,18H,4-5,7-8H2,1H3,(H,16,19). The minimum atomic E-state index is -0.323. The molecular formula is C13H16Cl2N2O3S. The first-order valence-electron chi connectivity index (χ1n) is 6.11. The van der Waals surface area contributed by atoms with Crippen molar-refractivity contribution in [3.8, 4) is 0 Å². The molecular weight excluding hydrogens is 335 g/mol. The van der Waals surface area contributed by atoms with Gasteiger partial charge in [-0.05, 0) is 18.2 Å². The summed E-state index contributed by atoms with van der Waals surface area (Å²) in [6, 6.07) is 4.76. The average molecular weight is 351 g/mol. The quantitative estimate of drug-likeness (QED) is 0.739. The molecule has 0 aliphatic carbocycles. The Kier molecular flexibility index (Phi) is 7.88. The summed E-state index contributed by atoms with van der Waals surface area (Å²) >= 11 is 13.0. The highest BCUT2D eigenvalue weighted by atomic mass is 35.5. The molecule has 0 bridgehead atoms. The number of thioether (sulfide) groups is 1. The number of aliphatic hydroxyl groups excluding tert-OH is 1. The largest absolute Gasteiger partial charge is 0.396 e. The number of likely N-dealkylation sites (N-methyl/N-ethyl adjacent to an activating group) is 1. The highest BCUT2D eigenvalue weighted by molar-refractivity contribution is 7.99. The number of halogens is 2. The Labute approximate surface area is 137 Å². The Morgan fingerprint density at radius 1 is 1.33 bits per heavy atom. The van der Waals surface area contributed by atoms with Crippen molar-refractivity contribution in [2.24, 2.45) is 0 Å². The zero-order valence-electron chi connectivity index (χ0n) is 11.4. The second kappa shape index (κ2) is 9.15. The molecule has 0 atom stereocenters. The number of hydrogen-bond acceptors (Lipinski definition) is 4. The van der Waals surface area contributed by atoms with Gasteiger partial charge in [0.05, 0.1) is 28.9 Å². The van der Waals surface area contributed by atoms with Crippen molar-refractivity contribution in [2.75, 3.05) is 37.0 Å². The number of carbonyl (C=O) groups excluding carboxylic acids is 2. The highest BCUT2D eigenvalue weighted by Gasteiger charge is 2.13. The van der Waals surface area contributed by atoms with Gasteiger partial charge in [-0.3, -0.25) is 9.59 Å². The molecule has 0 saturated heterocycles. The molecule has 1 rings (SSSR count). The van der Waals surface area contributed by atoms with Crippen molar-refractivity contribution in [2.45, 2.75) is 0 Å². The molecule has 0 aromatic heterocycles. The zero-order valence-corrected chi connectivity index (χ0v) is 13.8. The maximum atomic E-state index is 11.8. The van der Waals surface area contributed by atoms with Crippen LogP contribution in [0.3, 0.4) is 0 Å². The Balaban J connectivity index is 2.45. The fraction of sp³-hybridized carbons (Fsp3) is 0.385. The summed E-state index contributed by atoms with van der Waals surface area (Å²) in [5.74, 6) is 0.237. The van der Waals surface area contributed by atoms with Gasteiger partial charge in [0.15, 0.2) is 0 Å². The fourth-order valence-electron chi connectivity index (χ4n) is 1.41. The molecule has 2 N–H and O–H groups in total. The Morgan fingerprint density at radius 3 is 2.67 bits per heavy atom. The first kappa shape index (κ1) is 18.1. The Bertz CT molecular complexity index is 514. The van der Waals surface area contributed by atoms with E-state index in [4.69, 9.17) is 28.3 Å². The van der Waals surface area contributed by atoms with Crippen LogP contribution in [0.1, 0.15) is 0 Å². The maximum absolute atomic E-state index is 11.8. The van der Waals surface area contributed by atoms with Gasteiger partial charge < -0.3 is 15.3 Å². The lowest BCUT2D eigenvalue weighted by molar-refractivity contribution is -0.131. The third-order valence-corrected chi connectivity index (χ3v) is 4.13. The van der Waals surface area contributed by atoms with E-state index in [9.17, 15) is 9.59 Å². The predicted molar refractivity (Wildman–Crippen MR) is 87.1 cm³/mol. The molecule has 116 valence electrons. The second-order valence-corrected chi connectivity index (χ2v) is 6.12. The van der Waals surface area contributed by atoms with Gasteiger partial charge in [-0.2, -0.15) is 0 Å². The van der Waals surface area contributed by atoms with Crippen LogP contribution in [0.2, 0.25) is 10.0 Å². The Hall–Kier alpha value is -0.950. The monoisotopic (exact) mass is 350 g/mol. The highest BCUT2D eigenvalue weighted by Crippen LogP contribution is 2.24. The van der Waals surface area contributed by atoms with Gasteiger partial charge in [0.1, 0.15) is 0 Å². The lowest BCUT2D eigenvalue weighted by Gasteiger charge is -2.16. The first-order chi connectivity index (χ1) is 9.93. The summed E-state index contributed by atoms with van der Waals surface area (Å²) < 4.78 is 0. The molecule has 8 heteroatoms. The van der Waals surface area contributed by atoms with Crippen LogP contribution in [0.25, 0.3) is 0 Å². The first-order valence-corrected chi connectivity index (χ1v) is 8.02. The van der Waals surface area contributed by atoms with E-state index in [0.29, 0.717) is 21.5 Å². The van der Waals surface area contributed by atoms with Gasteiger partial charge in [-0.25, -0.2) is 0 Å². The summed E-state index contributed by atoms with van der Waals surface area (Å²) in [5, 5.41) is 12.0. The SMILES string of the molecule is CN(CC(=O)Nc1ccc(Cl)c(Cl)c1)C(=O)CSCCO. The minimum Gasteiger partial charge on any atom is -0.396 e. The maximum Gasteiger partial charge on any atom is 0.243 e. The molecule has 0 unspecified atom stereocenters. The molecule has 21 heavy (non-hydrogen) atoms. The molecule has 0 saturated carbocycles. The molecule has 0 aliphatic heterocycles. The number of carbonyl (C=O) groups is 2. The summed E-state index contributed by atoms with van der Waals surface area (Å²) in [4.78, 5) is 24.9. The molecule has 5 nitrogen and oxygen atoms in total. The van der Waals surface area contributed by atoms with Gasteiger partial charge in [0.25, 0.3) is 0 Å². The van der Waals surface area contributed by atoms with E-state index in [1.54, 1.807) is 25.2 Å². The molecule has 0 aliphatic rings. The molecule has 0 fully saturated rings. The number of aliphatic hydroxyl groups is 1. The predicted octanol–water partition coefficient (Wildman–Crippen LogP) is 2.12. The summed E-state index contributed by atoms with van der Waals surface area (Å²) in [6.07, 6.45) is 0. The number of nitrogens with one attached hydrogen (secondary N) is 1. The van der Waals surface area contributed by atoms with Crippen LogP contribution < -0.4 is 5.32 Å². The van der Waals surface area contributed by atoms with Crippen LogP contribution in [-0.2, 0) is 9.59 Å². The number of amides is 2. The van der Waals surface area contributed by atoms with Crippen molar-refractivity contribution < 1.29 is 14.7 Å². The zero-order chi connectivity index (χ0) is 15.8. The van der Waals surface area contributed by atoms with E-state index in [1.807, 2.05) is 0 Å². The van der Waals surface area contributed by atoms with E-state index in [2.05, 4.69) is 5.32 Å². The van der Waals surface area contributed by atoms with Crippen LogP contribution in [0.4, 0.5) is 5.69 Å². The normalized spacial score (nSPS) is 10.3. The van der Waals surface area contributed by atoms with Gasteiger partial charge in [0, 0.05) is 18.5 Å². The molecule has 1 aromatic rings. The third-order valence-electron chi connectivity index (χ3n) is 2.47. The van der Waals surface area contributed by atoms with Crippen LogP contribution in [0.15, 0.2) is 18.2 Å². The topological polar surface area (TPSA) is 69.6 Å². The summed E-state index contributed by atoms with van der Waals surface area (Å²) in [5.41, 5.74) is 0.518. The van der Waals surface area contributed by atoms with Crippen molar-refractivity contribution in [1.29, 1.82) is 0 Å². The van der Waals surface area contributed by atoms with E-state index >= 15 is 0 Å². The molecule has 0 spiro atoms. The van der Waals surface area contributed by atoms with Crippen molar-refractivity contribution >= 4 is 52.5 Å². The van der Waals surface area contributed by atoms with Crippen LogP contribution in [-0.4, -0.2) is 53.5 Å². The second-order valence-electron chi connectivity index (χ2n) is 4.20. The number of anilines is 1. The molecule has 2 amide bonds. The van der Waals surface area contributed by atoms with E-state index < -0.39 is 0 Å². The fourth-order valence-corrected chi connectivity index (χ4v) is 2.38. The van der Waals surface area contributed by atoms with Gasteiger partial charge in [0.2, 0.25) is 11.8 Å². The third kappa shape index (κ3) is 6.56. The lowest BCUT2D eigenvalue weighted by Crippen LogP contribution is -2.36. The number of benzene rings is 1. The van der Waals surface area contributed by atoms with Crippen LogP contribution in [0, 0.1) is 0 Å². The average Bonchev–Trinajstić information content (AvgIpc) is 2.43. The molecule has 0 radical (unpaired) electrons.